The van der Waals surface area contributed by atoms with Crippen molar-refractivity contribution in [2.75, 3.05) is 12.1 Å². The summed E-state index contributed by atoms with van der Waals surface area (Å²) in [5, 5.41) is 9.66. The Balaban J connectivity index is 2.31. The van der Waals surface area contributed by atoms with Crippen molar-refractivity contribution in [2.45, 2.75) is 26.7 Å². The Morgan fingerprint density at radius 1 is 1.32 bits per heavy atom. The van der Waals surface area contributed by atoms with Gasteiger partial charge in [0.2, 0.25) is 5.43 Å². The maximum absolute atomic E-state index is 12.8. The molecule has 0 aliphatic rings. The monoisotopic (exact) mass is 342 g/mol. The molecule has 0 aliphatic carbocycles. The molecule has 0 saturated heterocycles. The average molecular weight is 342 g/mol. The van der Waals surface area contributed by atoms with Crippen LogP contribution in [0.2, 0.25) is 0 Å². The minimum Gasteiger partial charge on any atom is -0.462 e. The number of hydrogen-bond acceptors (Lipinski definition) is 7. The molecule has 7 nitrogen and oxygen atoms in total. The molecule has 3 rings (SSSR count). The smallest absolute Gasteiger partial charge is 0.342 e. The van der Waals surface area contributed by atoms with Crippen molar-refractivity contribution in [3.8, 4) is 0 Å². The second kappa shape index (κ2) is 6.52. The van der Waals surface area contributed by atoms with Crippen LogP contribution in [0.5, 0.6) is 0 Å². The third-order valence-corrected chi connectivity index (χ3v) is 3.94. The van der Waals surface area contributed by atoms with Crippen molar-refractivity contribution >= 4 is 33.9 Å². The molecular formula is C18H18N2O5. The first kappa shape index (κ1) is 16.9. The molecule has 1 aromatic carbocycles. The maximum Gasteiger partial charge on any atom is 0.342 e. The van der Waals surface area contributed by atoms with Crippen molar-refractivity contribution in [1.29, 1.82) is 0 Å². The van der Waals surface area contributed by atoms with Gasteiger partial charge < -0.3 is 9.15 Å². The van der Waals surface area contributed by atoms with Crippen molar-refractivity contribution in [1.82, 2.24) is 4.98 Å². The lowest BCUT2D eigenvalue weighted by Gasteiger charge is -2.10. The van der Waals surface area contributed by atoms with E-state index in [0.29, 0.717) is 11.0 Å². The van der Waals surface area contributed by atoms with Gasteiger partial charge in [0.15, 0.2) is 16.9 Å². The van der Waals surface area contributed by atoms with E-state index in [1.165, 1.54) is 6.07 Å². The normalized spacial score (nSPS) is 11.2. The number of esters is 1. The summed E-state index contributed by atoms with van der Waals surface area (Å²) in [7, 11) is 0. The number of ether oxygens (including phenoxy) is 1. The van der Waals surface area contributed by atoms with Crippen LogP contribution < -0.4 is 10.9 Å². The van der Waals surface area contributed by atoms with Gasteiger partial charge in [-0.2, -0.15) is 0 Å². The fraction of sp³-hybridized carbons (Fsp3) is 0.278. The molecule has 130 valence electrons. The summed E-state index contributed by atoms with van der Waals surface area (Å²) in [6.07, 6.45) is 0. The van der Waals surface area contributed by atoms with Gasteiger partial charge in [-0.3, -0.25) is 15.5 Å². The Labute approximate surface area is 143 Å². The van der Waals surface area contributed by atoms with E-state index in [-0.39, 0.29) is 40.4 Å². The molecule has 25 heavy (non-hydrogen) atoms. The van der Waals surface area contributed by atoms with E-state index >= 15 is 0 Å². The Morgan fingerprint density at radius 2 is 2.08 bits per heavy atom. The first-order chi connectivity index (χ1) is 12.0. The minimum atomic E-state index is -0.675. The highest BCUT2D eigenvalue weighted by Crippen LogP contribution is 2.25. The van der Waals surface area contributed by atoms with Crippen LogP contribution in [0.25, 0.3) is 22.1 Å². The highest BCUT2D eigenvalue weighted by Gasteiger charge is 2.19. The van der Waals surface area contributed by atoms with E-state index in [1.54, 1.807) is 19.1 Å². The first-order valence-electron chi connectivity index (χ1n) is 7.95. The maximum atomic E-state index is 12.8. The molecule has 0 atom stereocenters. The number of aromatic nitrogens is 1. The van der Waals surface area contributed by atoms with Gasteiger partial charge in [0, 0.05) is 6.07 Å². The third-order valence-electron chi connectivity index (χ3n) is 3.94. The van der Waals surface area contributed by atoms with Crippen LogP contribution >= 0.6 is 0 Å². The van der Waals surface area contributed by atoms with Gasteiger partial charge in [0.25, 0.3) is 0 Å². The molecule has 0 saturated carbocycles. The molecular weight excluding hydrogens is 324 g/mol. The van der Waals surface area contributed by atoms with E-state index in [2.05, 4.69) is 4.98 Å². The zero-order valence-corrected chi connectivity index (χ0v) is 14.1. The summed E-state index contributed by atoms with van der Waals surface area (Å²) < 4.78 is 10.7. The number of anilines is 1. The molecule has 0 amide bonds. The van der Waals surface area contributed by atoms with Crippen LogP contribution in [-0.4, -0.2) is 22.8 Å². The fourth-order valence-corrected chi connectivity index (χ4v) is 2.60. The molecule has 0 aliphatic heterocycles. The summed E-state index contributed by atoms with van der Waals surface area (Å²) in [4.78, 5) is 28.8. The molecule has 2 aromatic heterocycles. The van der Waals surface area contributed by atoms with Gasteiger partial charge in [-0.25, -0.2) is 9.78 Å². The molecule has 0 radical (unpaired) electrons. The molecule has 3 aromatic rings. The van der Waals surface area contributed by atoms with Crippen molar-refractivity contribution in [3.05, 3.63) is 45.6 Å². The van der Waals surface area contributed by atoms with E-state index in [4.69, 9.17) is 9.15 Å². The number of rotatable bonds is 4. The standard InChI is InChI=1S/C18H18N2O5/c1-4-24-18(22)12-8-14-15(19-17(12)20-23)16(21)11-7-10(9(2)3)5-6-13(11)25-14/h5-9,23H,4H2,1-3H3,(H,19,20). The van der Waals surface area contributed by atoms with Crippen LogP contribution in [0.4, 0.5) is 5.82 Å². The number of nitrogens with one attached hydrogen (secondary N) is 1. The lowest BCUT2D eigenvalue weighted by molar-refractivity contribution is 0.0526. The summed E-state index contributed by atoms with van der Waals surface area (Å²) in [5.41, 5.74) is 3.08. The Morgan fingerprint density at radius 3 is 2.72 bits per heavy atom. The van der Waals surface area contributed by atoms with Crippen LogP contribution in [0.1, 0.15) is 42.6 Å². The second-order valence-corrected chi connectivity index (χ2v) is 5.91. The quantitative estimate of drug-likeness (QED) is 0.425. The highest BCUT2D eigenvalue weighted by molar-refractivity contribution is 5.99. The van der Waals surface area contributed by atoms with Gasteiger partial charge >= 0.3 is 5.97 Å². The van der Waals surface area contributed by atoms with Gasteiger partial charge in [-0.15, -0.1) is 0 Å². The first-order valence-corrected chi connectivity index (χ1v) is 7.95. The molecule has 0 bridgehead atoms. The Hall–Kier alpha value is -2.93. The van der Waals surface area contributed by atoms with E-state index in [0.717, 1.165) is 5.56 Å². The fourth-order valence-electron chi connectivity index (χ4n) is 2.60. The van der Waals surface area contributed by atoms with Crippen molar-refractivity contribution in [2.24, 2.45) is 0 Å². The number of carbonyl (C=O) groups excluding carboxylic acids is 1. The van der Waals surface area contributed by atoms with Crippen LogP contribution in [-0.2, 0) is 4.74 Å². The summed E-state index contributed by atoms with van der Waals surface area (Å²) in [5.74, 6) is -0.572. The Bertz CT molecular complexity index is 1020. The molecule has 7 heteroatoms. The third kappa shape index (κ3) is 2.94. The highest BCUT2D eigenvalue weighted by atomic mass is 16.5. The van der Waals surface area contributed by atoms with Gasteiger partial charge in [-0.05, 0) is 30.5 Å². The van der Waals surface area contributed by atoms with E-state index < -0.39 is 5.97 Å². The zero-order valence-electron chi connectivity index (χ0n) is 14.1. The van der Waals surface area contributed by atoms with Crippen molar-refractivity contribution in [3.63, 3.8) is 0 Å². The van der Waals surface area contributed by atoms with Crippen LogP contribution in [0.3, 0.4) is 0 Å². The summed E-state index contributed by atoms with van der Waals surface area (Å²) in [6.45, 7) is 5.89. The number of hydrogen-bond donors (Lipinski definition) is 2. The van der Waals surface area contributed by atoms with Crippen LogP contribution in [0.15, 0.2) is 33.5 Å². The number of nitrogens with zero attached hydrogens (tertiary/aromatic N) is 1. The minimum absolute atomic E-state index is 0.0156. The van der Waals surface area contributed by atoms with Gasteiger partial charge in [-0.1, -0.05) is 19.9 Å². The SMILES string of the molecule is CCOC(=O)c1cc2oc3ccc(C(C)C)cc3c(=O)c2nc1NO. The zero-order chi connectivity index (χ0) is 18.1. The molecule has 0 fully saturated rings. The average Bonchev–Trinajstić information content (AvgIpc) is 2.60. The van der Waals surface area contributed by atoms with Crippen molar-refractivity contribution < 1.29 is 19.2 Å². The summed E-state index contributed by atoms with van der Waals surface area (Å²) >= 11 is 0. The molecule has 0 spiro atoms. The molecule has 2 heterocycles. The second-order valence-electron chi connectivity index (χ2n) is 5.91. The Kier molecular flexibility index (Phi) is 4.41. The van der Waals surface area contributed by atoms with E-state index in [9.17, 15) is 14.8 Å². The number of pyridine rings is 1. The molecule has 0 unspecified atom stereocenters. The number of benzene rings is 1. The van der Waals surface area contributed by atoms with E-state index in [1.807, 2.05) is 25.4 Å². The lowest BCUT2D eigenvalue weighted by Crippen LogP contribution is -2.13. The lowest BCUT2D eigenvalue weighted by atomic mass is 10.0. The van der Waals surface area contributed by atoms with Gasteiger partial charge in [0.1, 0.15) is 11.1 Å². The topological polar surface area (TPSA) is 102 Å². The number of fused-ring (bicyclic) bond motifs is 2. The summed E-state index contributed by atoms with van der Waals surface area (Å²) in [6, 6.07) is 6.74. The van der Waals surface area contributed by atoms with Crippen LogP contribution in [0, 0.1) is 0 Å². The largest absolute Gasteiger partial charge is 0.462 e. The molecule has 2 N–H and O–H groups in total. The predicted molar refractivity (Wildman–Crippen MR) is 93.2 cm³/mol. The predicted octanol–water partition coefficient (Wildman–Crippen LogP) is 3.44. The number of carbonyl (C=O) groups is 1. The van der Waals surface area contributed by atoms with Gasteiger partial charge in [0.05, 0.1) is 12.0 Å².